The van der Waals surface area contributed by atoms with Crippen LogP contribution in [0.5, 0.6) is 0 Å². The minimum absolute atomic E-state index is 0.000706. The average Bonchev–Trinajstić information content (AvgIpc) is 3.14. The molecule has 0 aliphatic rings. The number of nitrogens with zero attached hydrogens (tertiary/aromatic N) is 4. The average molecular weight is 455 g/mol. The van der Waals surface area contributed by atoms with Crippen LogP contribution in [0.2, 0.25) is 5.02 Å². The molecular weight excluding hydrogens is 436 g/mol. The number of hydrogen-bond donors (Lipinski definition) is 0. The van der Waals surface area contributed by atoms with Crippen molar-refractivity contribution >= 4 is 28.6 Å². The quantitative estimate of drug-likeness (QED) is 0.436. The summed E-state index contributed by atoms with van der Waals surface area (Å²) in [6.07, 6.45) is 0. The van der Waals surface area contributed by atoms with Crippen molar-refractivity contribution < 1.29 is 13.9 Å². The SMILES string of the molecule is COC(=O)c1cc(C)nc2c1c(=O)n(Cc1nc(-c3cccc(Cl)c3)oc1C)c(=O)n2C. The van der Waals surface area contributed by atoms with Crippen LogP contribution in [0.1, 0.15) is 27.5 Å². The molecule has 0 radical (unpaired) electrons. The maximum Gasteiger partial charge on any atom is 0.338 e. The number of hydrogen-bond acceptors (Lipinski definition) is 7. The fourth-order valence-corrected chi connectivity index (χ4v) is 3.67. The van der Waals surface area contributed by atoms with Crippen molar-refractivity contribution in [2.45, 2.75) is 20.4 Å². The second-order valence-corrected chi connectivity index (χ2v) is 7.70. The molecule has 4 aromatic rings. The Morgan fingerprint density at radius 1 is 1.19 bits per heavy atom. The molecule has 3 heterocycles. The molecule has 164 valence electrons. The van der Waals surface area contributed by atoms with Crippen LogP contribution >= 0.6 is 11.6 Å². The third kappa shape index (κ3) is 3.60. The molecule has 0 aliphatic carbocycles. The number of aryl methyl sites for hydroxylation is 3. The summed E-state index contributed by atoms with van der Waals surface area (Å²) < 4.78 is 12.8. The second kappa shape index (κ2) is 8.08. The Bertz CT molecular complexity index is 1500. The number of rotatable bonds is 4. The monoisotopic (exact) mass is 454 g/mol. The Morgan fingerprint density at radius 2 is 1.94 bits per heavy atom. The smallest absolute Gasteiger partial charge is 0.338 e. The highest BCUT2D eigenvalue weighted by Crippen LogP contribution is 2.24. The van der Waals surface area contributed by atoms with Crippen molar-refractivity contribution in [2.24, 2.45) is 7.05 Å². The summed E-state index contributed by atoms with van der Waals surface area (Å²) in [6, 6.07) is 8.45. The maximum absolute atomic E-state index is 13.3. The molecule has 0 aliphatic heterocycles. The zero-order chi connectivity index (χ0) is 23.2. The number of carbonyl (C=O) groups excluding carboxylic acids is 1. The molecule has 32 heavy (non-hydrogen) atoms. The van der Waals surface area contributed by atoms with Crippen LogP contribution in [0.25, 0.3) is 22.5 Å². The fourth-order valence-electron chi connectivity index (χ4n) is 3.48. The van der Waals surface area contributed by atoms with Crippen LogP contribution in [0.15, 0.2) is 44.3 Å². The van der Waals surface area contributed by atoms with E-state index in [0.29, 0.717) is 33.6 Å². The Kier molecular flexibility index (Phi) is 5.43. The Balaban J connectivity index is 1.90. The number of halogens is 1. The number of aromatic nitrogens is 4. The van der Waals surface area contributed by atoms with Crippen molar-refractivity contribution in [3.63, 3.8) is 0 Å². The first-order valence-electron chi connectivity index (χ1n) is 9.63. The van der Waals surface area contributed by atoms with Gasteiger partial charge in [-0.1, -0.05) is 17.7 Å². The van der Waals surface area contributed by atoms with Gasteiger partial charge in [-0.25, -0.2) is 19.6 Å². The number of carbonyl (C=O) groups is 1. The van der Waals surface area contributed by atoms with Crippen LogP contribution in [0.3, 0.4) is 0 Å². The minimum Gasteiger partial charge on any atom is -0.465 e. The van der Waals surface area contributed by atoms with Crippen molar-refractivity contribution in [2.75, 3.05) is 7.11 Å². The van der Waals surface area contributed by atoms with Crippen molar-refractivity contribution in [1.82, 2.24) is 19.1 Å². The highest BCUT2D eigenvalue weighted by atomic mass is 35.5. The van der Waals surface area contributed by atoms with Gasteiger partial charge < -0.3 is 9.15 Å². The molecule has 0 fully saturated rings. The molecule has 0 bridgehead atoms. The topological polar surface area (TPSA) is 109 Å². The minimum atomic E-state index is -0.691. The van der Waals surface area contributed by atoms with Gasteiger partial charge in [0.15, 0.2) is 0 Å². The summed E-state index contributed by atoms with van der Waals surface area (Å²) in [7, 11) is 2.71. The second-order valence-electron chi connectivity index (χ2n) is 7.27. The largest absolute Gasteiger partial charge is 0.465 e. The molecule has 0 atom stereocenters. The highest BCUT2D eigenvalue weighted by Gasteiger charge is 2.22. The van der Waals surface area contributed by atoms with Crippen molar-refractivity contribution in [1.29, 1.82) is 0 Å². The lowest BCUT2D eigenvalue weighted by Gasteiger charge is -2.12. The van der Waals surface area contributed by atoms with E-state index >= 15 is 0 Å². The lowest BCUT2D eigenvalue weighted by Crippen LogP contribution is -2.40. The number of pyridine rings is 1. The molecule has 0 amide bonds. The molecule has 0 spiro atoms. The lowest BCUT2D eigenvalue weighted by atomic mass is 10.1. The van der Waals surface area contributed by atoms with E-state index < -0.39 is 17.2 Å². The first-order valence-corrected chi connectivity index (χ1v) is 10.0. The molecule has 0 N–H and O–H groups in total. The van der Waals surface area contributed by atoms with Crippen molar-refractivity contribution in [3.05, 3.63) is 78.9 Å². The van der Waals surface area contributed by atoms with Crippen LogP contribution in [-0.2, 0) is 18.3 Å². The van der Waals surface area contributed by atoms with E-state index in [1.54, 1.807) is 38.1 Å². The summed E-state index contributed by atoms with van der Waals surface area (Å²) in [4.78, 5) is 47.4. The molecular formula is C22H19ClN4O5. The van der Waals surface area contributed by atoms with Crippen LogP contribution in [0.4, 0.5) is 0 Å². The molecule has 0 unspecified atom stereocenters. The van der Waals surface area contributed by atoms with Crippen molar-refractivity contribution in [3.8, 4) is 11.5 Å². The van der Waals surface area contributed by atoms with Gasteiger partial charge in [0.25, 0.3) is 5.56 Å². The van der Waals surface area contributed by atoms with E-state index in [4.69, 9.17) is 20.8 Å². The summed E-state index contributed by atoms with van der Waals surface area (Å²) >= 11 is 6.05. The van der Waals surface area contributed by atoms with E-state index in [9.17, 15) is 14.4 Å². The first-order chi connectivity index (χ1) is 15.2. The normalized spacial score (nSPS) is 11.2. The lowest BCUT2D eigenvalue weighted by molar-refractivity contribution is 0.0602. The number of fused-ring (bicyclic) bond motifs is 1. The molecule has 4 rings (SSSR count). The van der Waals surface area contributed by atoms with Gasteiger partial charge in [0, 0.05) is 23.3 Å². The number of ether oxygens (including phenoxy) is 1. The summed E-state index contributed by atoms with van der Waals surface area (Å²) in [5.74, 6) is 0.0751. The molecule has 1 aromatic carbocycles. The molecule has 0 saturated carbocycles. The Hall–Kier alpha value is -3.72. The Labute approximate surface area is 186 Å². The summed E-state index contributed by atoms with van der Waals surface area (Å²) in [6.45, 7) is 3.21. The summed E-state index contributed by atoms with van der Waals surface area (Å²) in [5, 5.41) is 0.526. The van der Waals surface area contributed by atoms with Gasteiger partial charge in [0.05, 0.1) is 24.6 Å². The fraction of sp³-hybridized carbons (Fsp3) is 0.227. The van der Waals surface area contributed by atoms with Gasteiger partial charge in [0.1, 0.15) is 17.1 Å². The van der Waals surface area contributed by atoms with Crippen LogP contribution < -0.4 is 11.2 Å². The predicted octanol–water partition coefficient (Wildman–Crippen LogP) is 2.86. The van der Waals surface area contributed by atoms with Gasteiger partial charge in [-0.2, -0.15) is 0 Å². The number of benzene rings is 1. The highest BCUT2D eigenvalue weighted by molar-refractivity contribution is 6.30. The molecule has 3 aromatic heterocycles. The van der Waals surface area contributed by atoms with E-state index in [-0.39, 0.29) is 23.1 Å². The van der Waals surface area contributed by atoms with Gasteiger partial charge in [-0.3, -0.25) is 13.9 Å². The Morgan fingerprint density at radius 3 is 2.62 bits per heavy atom. The number of esters is 1. The number of oxazole rings is 1. The third-order valence-corrected chi connectivity index (χ3v) is 5.34. The van der Waals surface area contributed by atoms with E-state index in [0.717, 1.165) is 4.57 Å². The standard InChI is InChI=1S/C22H19ClN4O5/c1-11-8-15(21(29)31-4)17-18(24-11)26(3)22(30)27(20(17)28)10-16-12(2)32-19(25-16)13-6-5-7-14(23)9-13/h5-9H,10H2,1-4H3. The summed E-state index contributed by atoms with van der Waals surface area (Å²) in [5.41, 5.74) is 0.430. The van der Waals surface area contributed by atoms with Gasteiger partial charge in [0.2, 0.25) is 5.89 Å². The first kappa shape index (κ1) is 21.5. The van der Waals surface area contributed by atoms with E-state index in [2.05, 4.69) is 9.97 Å². The van der Waals surface area contributed by atoms with Gasteiger partial charge in [-0.05, 0) is 38.1 Å². The van der Waals surface area contributed by atoms with Crippen LogP contribution in [0, 0.1) is 13.8 Å². The molecule has 0 saturated heterocycles. The number of methoxy groups -OCH3 is 1. The maximum atomic E-state index is 13.3. The molecule has 9 nitrogen and oxygen atoms in total. The molecule has 10 heteroatoms. The van der Waals surface area contributed by atoms with E-state index in [1.807, 2.05) is 0 Å². The van der Waals surface area contributed by atoms with E-state index in [1.165, 1.54) is 24.8 Å². The van der Waals surface area contributed by atoms with Gasteiger partial charge in [-0.15, -0.1) is 0 Å². The van der Waals surface area contributed by atoms with Gasteiger partial charge >= 0.3 is 11.7 Å². The van der Waals surface area contributed by atoms with Crippen LogP contribution in [-0.4, -0.2) is 32.2 Å². The third-order valence-electron chi connectivity index (χ3n) is 5.10. The zero-order valence-electron chi connectivity index (χ0n) is 17.8. The zero-order valence-corrected chi connectivity index (χ0v) is 18.6. The predicted molar refractivity (Wildman–Crippen MR) is 118 cm³/mol.